The van der Waals surface area contributed by atoms with E-state index in [0.29, 0.717) is 5.41 Å². The Balaban J connectivity index is 0.000000177. The molecule has 1 aliphatic rings. The third-order valence-electron chi connectivity index (χ3n) is 8.31. The summed E-state index contributed by atoms with van der Waals surface area (Å²) in [5.41, 5.74) is 14.0. The van der Waals surface area contributed by atoms with Crippen molar-refractivity contribution >= 4 is 0 Å². The molecule has 0 saturated heterocycles. The van der Waals surface area contributed by atoms with Crippen LogP contribution in [0.2, 0.25) is 0 Å². The van der Waals surface area contributed by atoms with E-state index < -0.39 is 0 Å². The number of benzene rings is 3. The third kappa shape index (κ3) is 7.25. The van der Waals surface area contributed by atoms with E-state index in [1.807, 2.05) is 55.7 Å². The summed E-state index contributed by atoms with van der Waals surface area (Å²) in [4.78, 5) is 13.7. The molecule has 0 aliphatic heterocycles. The number of aromatic nitrogens is 3. The Morgan fingerprint density at radius 3 is 2.17 bits per heavy atom. The fourth-order valence-electron chi connectivity index (χ4n) is 6.08. The second kappa shape index (κ2) is 13.6. The van der Waals surface area contributed by atoms with Gasteiger partial charge in [-0.15, -0.1) is 42.0 Å². The first-order valence-electron chi connectivity index (χ1n) is 15.6. The number of aryl methyl sites for hydroxylation is 1. The van der Waals surface area contributed by atoms with Crippen molar-refractivity contribution in [3.8, 4) is 44.9 Å². The van der Waals surface area contributed by atoms with E-state index in [1.54, 1.807) is 0 Å². The van der Waals surface area contributed by atoms with Crippen molar-refractivity contribution in [1.82, 2.24) is 15.0 Å². The number of fused-ring (bicyclic) bond motifs is 3. The molecular formula is C42H39IrN3-2. The van der Waals surface area contributed by atoms with Gasteiger partial charge in [-0.2, -0.15) is 12.1 Å². The molecule has 3 nitrogen and oxygen atoms in total. The van der Waals surface area contributed by atoms with Crippen LogP contribution in [0.1, 0.15) is 57.0 Å². The molecule has 1 radical (unpaired) electrons. The van der Waals surface area contributed by atoms with Crippen molar-refractivity contribution in [2.24, 2.45) is 5.41 Å². The van der Waals surface area contributed by atoms with Crippen molar-refractivity contribution in [3.05, 3.63) is 150 Å². The Morgan fingerprint density at radius 2 is 1.46 bits per heavy atom. The molecule has 7 rings (SSSR count). The van der Waals surface area contributed by atoms with Gasteiger partial charge < -0.3 is 9.97 Å². The van der Waals surface area contributed by atoms with Gasteiger partial charge in [0.15, 0.2) is 0 Å². The maximum absolute atomic E-state index is 4.63. The molecule has 233 valence electrons. The summed E-state index contributed by atoms with van der Waals surface area (Å²) in [5.74, 6) is 0. The molecule has 1 aliphatic carbocycles. The predicted octanol–water partition coefficient (Wildman–Crippen LogP) is 10.4. The zero-order chi connectivity index (χ0) is 31.6. The summed E-state index contributed by atoms with van der Waals surface area (Å²) in [6.45, 7) is 13.3. The van der Waals surface area contributed by atoms with Crippen molar-refractivity contribution in [2.45, 2.75) is 53.4 Å². The molecule has 3 heterocycles. The Kier molecular flexibility index (Phi) is 9.82. The standard InChI is InChI=1S/C22H22N.C20H17N2.Ir/c1-22(2,3)16-17-9-11-18(12-10-17)20-13-14-23-21(15-20)19-7-5-4-6-8-19;1-13-7-6-10-18(22-13)19-11-17-15(12-21-19)14-8-4-5-9-16(14)20(17,2)3;/h4-7,9-15H,16H2,1-3H3;4-9,11-12H,1-3H3;/q2*-1;. The maximum atomic E-state index is 4.63. The van der Waals surface area contributed by atoms with Crippen LogP contribution in [-0.4, -0.2) is 15.0 Å². The second-order valence-electron chi connectivity index (χ2n) is 13.5. The van der Waals surface area contributed by atoms with Crippen LogP contribution in [0.4, 0.5) is 0 Å². The number of nitrogens with zero attached hydrogens (tertiary/aromatic N) is 3. The monoisotopic (exact) mass is 778 g/mol. The van der Waals surface area contributed by atoms with Gasteiger partial charge in [0.1, 0.15) is 0 Å². The van der Waals surface area contributed by atoms with Crippen LogP contribution in [0.25, 0.3) is 44.9 Å². The van der Waals surface area contributed by atoms with Gasteiger partial charge in [0.05, 0.1) is 0 Å². The SMILES string of the molecule is CC(C)(C)Cc1ccc(-c2ccnc(-c3[c-]cccc3)c2)cc1.Cc1cc[c-]c(-c2cc3c(cn2)-c2ccccc2C3(C)C)n1.[Ir]. The van der Waals surface area contributed by atoms with Crippen LogP contribution < -0.4 is 0 Å². The topological polar surface area (TPSA) is 38.7 Å². The minimum absolute atomic E-state index is 0. The normalized spacial score (nSPS) is 12.7. The molecule has 0 fully saturated rings. The Labute approximate surface area is 287 Å². The largest absolute Gasteiger partial charge is 0.317 e. The molecular weight excluding hydrogens is 739 g/mol. The quantitative estimate of drug-likeness (QED) is 0.167. The minimum atomic E-state index is -0.00651. The van der Waals surface area contributed by atoms with E-state index in [9.17, 15) is 0 Å². The molecule has 3 aromatic heterocycles. The first-order valence-corrected chi connectivity index (χ1v) is 15.6. The Bertz CT molecular complexity index is 1940. The summed E-state index contributed by atoms with van der Waals surface area (Å²) in [6, 6.07) is 42.1. The Morgan fingerprint density at radius 1 is 0.696 bits per heavy atom. The summed E-state index contributed by atoms with van der Waals surface area (Å²) in [5, 5.41) is 0. The number of hydrogen-bond donors (Lipinski definition) is 0. The molecule has 0 atom stereocenters. The fraction of sp³-hybridized carbons (Fsp3) is 0.214. The number of pyridine rings is 3. The molecule has 6 aromatic rings. The van der Waals surface area contributed by atoms with Gasteiger partial charge in [-0.05, 0) is 81.0 Å². The van der Waals surface area contributed by atoms with E-state index in [2.05, 4.69) is 128 Å². The van der Waals surface area contributed by atoms with E-state index in [4.69, 9.17) is 0 Å². The molecule has 0 spiro atoms. The molecule has 4 heteroatoms. The van der Waals surface area contributed by atoms with E-state index in [1.165, 1.54) is 38.9 Å². The van der Waals surface area contributed by atoms with Gasteiger partial charge in [-0.3, -0.25) is 4.98 Å². The Hall–Kier alpha value is -4.24. The average Bonchev–Trinajstić information content (AvgIpc) is 3.27. The summed E-state index contributed by atoms with van der Waals surface area (Å²) in [7, 11) is 0. The van der Waals surface area contributed by atoms with Crippen LogP contribution >= 0.6 is 0 Å². The van der Waals surface area contributed by atoms with Crippen LogP contribution in [0, 0.1) is 24.5 Å². The first kappa shape index (κ1) is 33.1. The van der Waals surface area contributed by atoms with Gasteiger partial charge in [0.25, 0.3) is 0 Å². The molecule has 0 amide bonds. The van der Waals surface area contributed by atoms with Gasteiger partial charge in [-0.1, -0.05) is 95.3 Å². The molecule has 46 heavy (non-hydrogen) atoms. The first-order chi connectivity index (χ1) is 21.6. The summed E-state index contributed by atoms with van der Waals surface area (Å²) in [6.07, 6.45) is 4.94. The molecule has 0 saturated carbocycles. The second-order valence-corrected chi connectivity index (χ2v) is 13.5. The van der Waals surface area contributed by atoms with Crippen LogP contribution in [0.5, 0.6) is 0 Å². The molecule has 0 N–H and O–H groups in total. The van der Waals surface area contributed by atoms with Crippen LogP contribution in [0.3, 0.4) is 0 Å². The zero-order valence-electron chi connectivity index (χ0n) is 27.4. The number of rotatable bonds is 4. The van der Waals surface area contributed by atoms with E-state index >= 15 is 0 Å². The molecule has 3 aromatic carbocycles. The van der Waals surface area contributed by atoms with Gasteiger partial charge in [0.2, 0.25) is 0 Å². The van der Waals surface area contributed by atoms with Gasteiger partial charge in [0, 0.05) is 43.5 Å². The summed E-state index contributed by atoms with van der Waals surface area (Å²) < 4.78 is 0. The third-order valence-corrected chi connectivity index (χ3v) is 8.31. The van der Waals surface area contributed by atoms with E-state index in [0.717, 1.165) is 34.8 Å². The van der Waals surface area contributed by atoms with Crippen molar-refractivity contribution in [1.29, 1.82) is 0 Å². The molecule has 0 bridgehead atoms. The number of hydrogen-bond acceptors (Lipinski definition) is 3. The van der Waals surface area contributed by atoms with Crippen LogP contribution in [-0.2, 0) is 31.9 Å². The summed E-state index contributed by atoms with van der Waals surface area (Å²) >= 11 is 0. The van der Waals surface area contributed by atoms with Crippen molar-refractivity contribution in [3.63, 3.8) is 0 Å². The fourth-order valence-corrected chi connectivity index (χ4v) is 6.08. The average molecular weight is 778 g/mol. The van der Waals surface area contributed by atoms with Crippen LogP contribution in [0.15, 0.2) is 116 Å². The van der Waals surface area contributed by atoms with Gasteiger partial charge in [-0.25, -0.2) is 0 Å². The van der Waals surface area contributed by atoms with Crippen molar-refractivity contribution < 1.29 is 20.1 Å². The zero-order valence-corrected chi connectivity index (χ0v) is 29.7. The molecule has 0 unspecified atom stereocenters. The minimum Gasteiger partial charge on any atom is -0.317 e. The predicted molar refractivity (Wildman–Crippen MR) is 186 cm³/mol. The van der Waals surface area contributed by atoms with Gasteiger partial charge >= 0.3 is 0 Å². The maximum Gasteiger partial charge on any atom is 0.0207 e. The smallest absolute Gasteiger partial charge is 0.0207 e. The van der Waals surface area contributed by atoms with Crippen molar-refractivity contribution in [2.75, 3.05) is 0 Å². The van der Waals surface area contributed by atoms with E-state index in [-0.39, 0.29) is 25.5 Å².